The monoisotopic (exact) mass is 410 g/mol. The van der Waals surface area contributed by atoms with E-state index in [1.807, 2.05) is 36.4 Å². The highest BCUT2D eigenvalue weighted by Crippen LogP contribution is 2.20. The Balaban J connectivity index is 1.45. The summed E-state index contributed by atoms with van der Waals surface area (Å²) < 4.78 is 5.82. The third-order valence-electron chi connectivity index (χ3n) is 5.31. The van der Waals surface area contributed by atoms with E-state index in [4.69, 9.17) is 4.74 Å². The van der Waals surface area contributed by atoms with E-state index in [0.717, 1.165) is 43.9 Å². The Kier molecular flexibility index (Phi) is 8.11. The SMILES string of the molecule is CC1CN(Cc2ccccc2NC(=O)NCCCN(C)c2ccccc2)CC(C)O1. The number of hydrogen-bond acceptors (Lipinski definition) is 4. The van der Waals surface area contributed by atoms with Crippen LogP contribution in [0.2, 0.25) is 0 Å². The lowest BCUT2D eigenvalue weighted by atomic mass is 10.1. The van der Waals surface area contributed by atoms with Gasteiger partial charge in [0.1, 0.15) is 0 Å². The van der Waals surface area contributed by atoms with Gasteiger partial charge in [-0.2, -0.15) is 0 Å². The van der Waals surface area contributed by atoms with E-state index in [0.29, 0.717) is 6.54 Å². The number of carbonyl (C=O) groups is 1. The van der Waals surface area contributed by atoms with Crippen LogP contribution in [0.4, 0.5) is 16.2 Å². The lowest BCUT2D eigenvalue weighted by molar-refractivity contribution is -0.0704. The van der Waals surface area contributed by atoms with Crippen LogP contribution in [-0.4, -0.2) is 56.4 Å². The van der Waals surface area contributed by atoms with Gasteiger partial charge in [-0.1, -0.05) is 36.4 Å². The van der Waals surface area contributed by atoms with Crippen molar-refractivity contribution in [1.29, 1.82) is 0 Å². The van der Waals surface area contributed by atoms with Crippen molar-refractivity contribution in [1.82, 2.24) is 10.2 Å². The van der Waals surface area contributed by atoms with Gasteiger partial charge in [-0.15, -0.1) is 0 Å². The highest BCUT2D eigenvalue weighted by Gasteiger charge is 2.22. The molecule has 2 aromatic carbocycles. The summed E-state index contributed by atoms with van der Waals surface area (Å²) in [5, 5.41) is 5.99. The summed E-state index contributed by atoms with van der Waals surface area (Å²) in [4.78, 5) is 17.0. The summed E-state index contributed by atoms with van der Waals surface area (Å²) >= 11 is 0. The number of urea groups is 1. The molecule has 162 valence electrons. The summed E-state index contributed by atoms with van der Waals surface area (Å²) in [5.41, 5.74) is 3.17. The number of nitrogens with zero attached hydrogens (tertiary/aromatic N) is 2. The quantitative estimate of drug-likeness (QED) is 0.647. The van der Waals surface area contributed by atoms with Gasteiger partial charge in [-0.05, 0) is 44.0 Å². The fraction of sp³-hybridized carbons (Fsp3) is 0.458. The van der Waals surface area contributed by atoms with E-state index in [2.05, 4.69) is 59.5 Å². The first-order valence-corrected chi connectivity index (χ1v) is 10.8. The first-order chi connectivity index (χ1) is 14.5. The molecule has 1 aliphatic heterocycles. The number of amides is 2. The minimum Gasteiger partial charge on any atom is -0.375 e. The average Bonchev–Trinajstić information content (AvgIpc) is 2.72. The zero-order valence-electron chi connectivity index (χ0n) is 18.3. The largest absolute Gasteiger partial charge is 0.375 e. The highest BCUT2D eigenvalue weighted by atomic mass is 16.5. The zero-order chi connectivity index (χ0) is 21.3. The molecule has 1 aliphatic rings. The third-order valence-corrected chi connectivity index (χ3v) is 5.31. The molecule has 6 nitrogen and oxygen atoms in total. The molecular formula is C24H34N4O2. The Bertz CT molecular complexity index is 789. The van der Waals surface area contributed by atoms with Gasteiger partial charge in [-0.3, -0.25) is 4.90 Å². The Hall–Kier alpha value is -2.57. The van der Waals surface area contributed by atoms with Gasteiger partial charge < -0.3 is 20.3 Å². The molecule has 2 aromatic rings. The summed E-state index contributed by atoms with van der Waals surface area (Å²) in [7, 11) is 2.07. The van der Waals surface area contributed by atoms with Crippen molar-refractivity contribution in [2.24, 2.45) is 0 Å². The van der Waals surface area contributed by atoms with E-state index in [1.165, 1.54) is 5.69 Å². The van der Waals surface area contributed by atoms with Crippen LogP contribution in [0.5, 0.6) is 0 Å². The number of nitrogens with one attached hydrogen (secondary N) is 2. The van der Waals surface area contributed by atoms with Crippen LogP contribution in [0, 0.1) is 0 Å². The van der Waals surface area contributed by atoms with Gasteiger partial charge >= 0.3 is 6.03 Å². The van der Waals surface area contributed by atoms with Gasteiger partial charge in [-0.25, -0.2) is 4.79 Å². The number of rotatable bonds is 8. The van der Waals surface area contributed by atoms with Crippen LogP contribution in [0.1, 0.15) is 25.8 Å². The van der Waals surface area contributed by atoms with Crippen LogP contribution in [0.15, 0.2) is 54.6 Å². The van der Waals surface area contributed by atoms with E-state index in [-0.39, 0.29) is 18.2 Å². The molecular weight excluding hydrogens is 376 g/mol. The summed E-state index contributed by atoms with van der Waals surface area (Å²) in [5.74, 6) is 0. The minimum atomic E-state index is -0.159. The second-order valence-electron chi connectivity index (χ2n) is 8.10. The third kappa shape index (κ3) is 6.75. The number of para-hydroxylation sites is 2. The van der Waals surface area contributed by atoms with Crippen LogP contribution in [0.3, 0.4) is 0 Å². The standard InChI is InChI=1S/C24H34N4O2/c1-19-16-28(17-20(2)30-19)18-21-10-7-8-13-23(21)26-24(29)25-14-9-15-27(3)22-11-5-4-6-12-22/h4-8,10-13,19-20H,9,14-18H2,1-3H3,(H2,25,26,29). The van der Waals surface area contributed by atoms with E-state index < -0.39 is 0 Å². The van der Waals surface area contributed by atoms with Gasteiger partial charge in [0, 0.05) is 51.1 Å². The van der Waals surface area contributed by atoms with E-state index in [1.54, 1.807) is 0 Å². The van der Waals surface area contributed by atoms with Crippen LogP contribution in [0.25, 0.3) is 0 Å². The highest BCUT2D eigenvalue weighted by molar-refractivity contribution is 5.90. The fourth-order valence-corrected chi connectivity index (χ4v) is 3.93. The first-order valence-electron chi connectivity index (χ1n) is 10.8. The smallest absolute Gasteiger partial charge is 0.319 e. The molecule has 1 fully saturated rings. The lowest BCUT2D eigenvalue weighted by Gasteiger charge is -2.35. The molecule has 1 saturated heterocycles. The molecule has 2 amide bonds. The zero-order valence-corrected chi connectivity index (χ0v) is 18.3. The Labute approximate surface area is 180 Å². The Morgan fingerprint density at radius 2 is 1.73 bits per heavy atom. The summed E-state index contributed by atoms with van der Waals surface area (Å²) in [6, 6.07) is 18.1. The summed E-state index contributed by atoms with van der Waals surface area (Å²) in [6.45, 7) is 8.33. The minimum absolute atomic E-state index is 0.159. The van der Waals surface area contributed by atoms with Crippen LogP contribution >= 0.6 is 0 Å². The number of carbonyl (C=O) groups excluding carboxylic acids is 1. The van der Waals surface area contributed by atoms with Crippen LogP contribution in [-0.2, 0) is 11.3 Å². The van der Waals surface area contributed by atoms with Crippen molar-refractivity contribution in [2.75, 3.05) is 43.4 Å². The van der Waals surface area contributed by atoms with Crippen molar-refractivity contribution < 1.29 is 9.53 Å². The van der Waals surface area contributed by atoms with Crippen molar-refractivity contribution in [3.8, 4) is 0 Å². The maximum absolute atomic E-state index is 12.4. The van der Waals surface area contributed by atoms with Crippen molar-refractivity contribution in [2.45, 2.75) is 39.0 Å². The first kappa shape index (κ1) is 22.1. The maximum Gasteiger partial charge on any atom is 0.319 e. The average molecular weight is 411 g/mol. The van der Waals surface area contributed by atoms with E-state index in [9.17, 15) is 4.79 Å². The van der Waals surface area contributed by atoms with Crippen LogP contribution < -0.4 is 15.5 Å². The molecule has 3 rings (SSSR count). The van der Waals surface area contributed by atoms with Crippen molar-refractivity contribution in [3.05, 3.63) is 60.2 Å². The van der Waals surface area contributed by atoms with Crippen molar-refractivity contribution >= 4 is 17.4 Å². The molecule has 0 aromatic heterocycles. The second-order valence-corrected chi connectivity index (χ2v) is 8.10. The van der Waals surface area contributed by atoms with Gasteiger partial charge in [0.2, 0.25) is 0 Å². The molecule has 2 N–H and O–H groups in total. The predicted octanol–water partition coefficient (Wildman–Crippen LogP) is 3.94. The molecule has 2 unspecified atom stereocenters. The van der Waals surface area contributed by atoms with Gasteiger partial charge in [0.15, 0.2) is 0 Å². The molecule has 1 heterocycles. The summed E-state index contributed by atoms with van der Waals surface area (Å²) in [6.07, 6.45) is 1.33. The molecule has 2 atom stereocenters. The lowest BCUT2D eigenvalue weighted by Crippen LogP contribution is -2.45. The second kappa shape index (κ2) is 11.0. The molecule has 0 bridgehead atoms. The topological polar surface area (TPSA) is 56.8 Å². The molecule has 0 spiro atoms. The molecule has 6 heteroatoms. The van der Waals surface area contributed by atoms with Gasteiger partial charge in [0.25, 0.3) is 0 Å². The Morgan fingerprint density at radius 3 is 2.47 bits per heavy atom. The predicted molar refractivity (Wildman–Crippen MR) is 123 cm³/mol. The Morgan fingerprint density at radius 1 is 1.07 bits per heavy atom. The van der Waals surface area contributed by atoms with E-state index >= 15 is 0 Å². The van der Waals surface area contributed by atoms with Crippen molar-refractivity contribution in [3.63, 3.8) is 0 Å². The molecule has 30 heavy (non-hydrogen) atoms. The molecule has 0 saturated carbocycles. The molecule has 0 aliphatic carbocycles. The normalized spacial score (nSPS) is 19.3. The molecule has 0 radical (unpaired) electrons. The van der Waals surface area contributed by atoms with Gasteiger partial charge in [0.05, 0.1) is 12.2 Å². The number of anilines is 2. The number of benzene rings is 2. The fourth-order valence-electron chi connectivity index (χ4n) is 3.93. The maximum atomic E-state index is 12.4. The number of morpholine rings is 1. The number of hydrogen-bond donors (Lipinski definition) is 2. The number of ether oxygens (including phenoxy) is 1.